The molecule has 6 nitrogen and oxygen atoms in total. The number of aromatic nitrogens is 1. The lowest BCUT2D eigenvalue weighted by Crippen LogP contribution is -2.58. The van der Waals surface area contributed by atoms with E-state index in [1.54, 1.807) is 13.3 Å². The van der Waals surface area contributed by atoms with E-state index in [4.69, 9.17) is 9.47 Å². The lowest BCUT2D eigenvalue weighted by Gasteiger charge is -2.36. The summed E-state index contributed by atoms with van der Waals surface area (Å²) in [6, 6.07) is 3.76. The molecular weight excluding hydrogens is 270 g/mol. The van der Waals surface area contributed by atoms with Gasteiger partial charge in [-0.15, -0.1) is 0 Å². The summed E-state index contributed by atoms with van der Waals surface area (Å²) in [4.78, 5) is 16.5. The van der Waals surface area contributed by atoms with Crippen LogP contribution >= 0.6 is 0 Å². The van der Waals surface area contributed by atoms with Gasteiger partial charge in [0.05, 0.1) is 13.7 Å². The van der Waals surface area contributed by atoms with Crippen molar-refractivity contribution in [2.24, 2.45) is 0 Å². The molecule has 1 aromatic heterocycles. The summed E-state index contributed by atoms with van der Waals surface area (Å²) in [6.45, 7) is 4.44. The van der Waals surface area contributed by atoms with Crippen LogP contribution in [0.1, 0.15) is 25.3 Å². The number of rotatable bonds is 6. The number of nitrogens with one attached hydrogen (secondary N) is 2. The molecule has 116 valence electrons. The minimum absolute atomic E-state index is 0.159. The van der Waals surface area contributed by atoms with E-state index in [-0.39, 0.29) is 5.97 Å². The zero-order valence-electron chi connectivity index (χ0n) is 12.6. The van der Waals surface area contributed by atoms with Crippen LogP contribution in [0.15, 0.2) is 18.3 Å². The maximum atomic E-state index is 12.3. The molecule has 21 heavy (non-hydrogen) atoms. The standard InChI is InChI=1S/C15H23N3O3/c1-3-21-14(19)15(6-8-16-9-7-15)18-11-12-4-5-13(20-2)17-10-12/h4-5,10,16,18H,3,6-9,11H2,1-2H3. The molecule has 0 unspecified atom stereocenters. The van der Waals surface area contributed by atoms with Crippen LogP contribution in [0.2, 0.25) is 0 Å². The second kappa shape index (κ2) is 7.38. The largest absolute Gasteiger partial charge is 0.481 e. The van der Waals surface area contributed by atoms with Crippen molar-refractivity contribution in [3.05, 3.63) is 23.9 Å². The van der Waals surface area contributed by atoms with Crippen molar-refractivity contribution in [3.63, 3.8) is 0 Å². The first-order chi connectivity index (χ1) is 10.2. The topological polar surface area (TPSA) is 72.5 Å². The first-order valence-corrected chi connectivity index (χ1v) is 7.32. The average molecular weight is 293 g/mol. The van der Waals surface area contributed by atoms with Gasteiger partial charge in [0, 0.05) is 18.8 Å². The molecule has 1 saturated heterocycles. The third-order valence-electron chi connectivity index (χ3n) is 3.76. The Hall–Kier alpha value is -1.66. The van der Waals surface area contributed by atoms with Crippen LogP contribution in [-0.2, 0) is 16.1 Å². The Morgan fingerprint density at radius 3 is 2.76 bits per heavy atom. The molecule has 2 heterocycles. The average Bonchev–Trinajstić information content (AvgIpc) is 2.54. The van der Waals surface area contributed by atoms with Crippen LogP contribution in [-0.4, -0.2) is 43.3 Å². The van der Waals surface area contributed by atoms with Gasteiger partial charge >= 0.3 is 5.97 Å². The first-order valence-electron chi connectivity index (χ1n) is 7.32. The number of esters is 1. The Morgan fingerprint density at radius 2 is 2.19 bits per heavy atom. The molecule has 1 aromatic rings. The van der Waals surface area contributed by atoms with Crippen LogP contribution < -0.4 is 15.4 Å². The Bertz CT molecular complexity index is 456. The van der Waals surface area contributed by atoms with Crippen LogP contribution in [0.3, 0.4) is 0 Å². The molecule has 0 bridgehead atoms. The lowest BCUT2D eigenvalue weighted by molar-refractivity contribution is -0.152. The highest BCUT2D eigenvalue weighted by molar-refractivity contribution is 5.81. The Kier molecular flexibility index (Phi) is 5.52. The number of nitrogens with zero attached hydrogens (tertiary/aromatic N) is 1. The zero-order valence-corrected chi connectivity index (χ0v) is 12.6. The highest BCUT2D eigenvalue weighted by Gasteiger charge is 2.40. The minimum Gasteiger partial charge on any atom is -0.481 e. The van der Waals surface area contributed by atoms with Crippen LogP contribution in [0.5, 0.6) is 5.88 Å². The number of ether oxygens (including phenoxy) is 2. The fourth-order valence-corrected chi connectivity index (χ4v) is 2.48. The molecule has 0 saturated carbocycles. The second-order valence-corrected chi connectivity index (χ2v) is 5.11. The number of methoxy groups -OCH3 is 1. The molecule has 1 aliphatic rings. The van der Waals surface area contributed by atoms with Crippen LogP contribution in [0.25, 0.3) is 0 Å². The van der Waals surface area contributed by atoms with Gasteiger partial charge in [-0.05, 0) is 38.4 Å². The monoisotopic (exact) mass is 293 g/mol. The molecule has 0 aromatic carbocycles. The summed E-state index contributed by atoms with van der Waals surface area (Å²) in [6.07, 6.45) is 3.22. The number of hydrogen-bond acceptors (Lipinski definition) is 6. The summed E-state index contributed by atoms with van der Waals surface area (Å²) >= 11 is 0. The fourth-order valence-electron chi connectivity index (χ4n) is 2.48. The zero-order chi connectivity index (χ0) is 15.1. The van der Waals surface area contributed by atoms with Crippen molar-refractivity contribution in [1.82, 2.24) is 15.6 Å². The highest BCUT2D eigenvalue weighted by atomic mass is 16.5. The molecule has 0 atom stereocenters. The van der Waals surface area contributed by atoms with E-state index in [0.29, 0.717) is 19.0 Å². The van der Waals surface area contributed by atoms with E-state index < -0.39 is 5.54 Å². The maximum absolute atomic E-state index is 12.3. The van der Waals surface area contributed by atoms with E-state index in [0.717, 1.165) is 31.5 Å². The van der Waals surface area contributed by atoms with Gasteiger partial charge < -0.3 is 14.8 Å². The van der Waals surface area contributed by atoms with Gasteiger partial charge in [0.1, 0.15) is 5.54 Å². The Morgan fingerprint density at radius 1 is 1.43 bits per heavy atom. The number of carbonyl (C=O) groups excluding carboxylic acids is 1. The third-order valence-corrected chi connectivity index (χ3v) is 3.76. The van der Waals surface area contributed by atoms with E-state index in [1.807, 2.05) is 19.1 Å². The lowest BCUT2D eigenvalue weighted by atomic mass is 9.88. The highest BCUT2D eigenvalue weighted by Crippen LogP contribution is 2.21. The van der Waals surface area contributed by atoms with Gasteiger partial charge in [-0.2, -0.15) is 0 Å². The summed E-state index contributed by atoms with van der Waals surface area (Å²) in [7, 11) is 1.59. The van der Waals surface area contributed by atoms with Gasteiger partial charge in [-0.3, -0.25) is 10.1 Å². The van der Waals surface area contributed by atoms with Crippen molar-refractivity contribution in [1.29, 1.82) is 0 Å². The van der Waals surface area contributed by atoms with Gasteiger partial charge in [-0.25, -0.2) is 4.98 Å². The van der Waals surface area contributed by atoms with Crippen molar-refractivity contribution >= 4 is 5.97 Å². The number of hydrogen-bond donors (Lipinski definition) is 2. The molecule has 2 N–H and O–H groups in total. The Labute approximate surface area is 125 Å². The molecule has 0 amide bonds. The van der Waals surface area contributed by atoms with Crippen LogP contribution in [0, 0.1) is 0 Å². The number of piperidine rings is 1. The second-order valence-electron chi connectivity index (χ2n) is 5.11. The molecule has 6 heteroatoms. The van der Waals surface area contributed by atoms with E-state index in [1.165, 1.54) is 0 Å². The SMILES string of the molecule is CCOC(=O)C1(NCc2ccc(OC)nc2)CCNCC1. The summed E-state index contributed by atoms with van der Waals surface area (Å²) in [5.74, 6) is 0.425. The van der Waals surface area contributed by atoms with E-state index in [2.05, 4.69) is 15.6 Å². The molecule has 1 fully saturated rings. The normalized spacial score (nSPS) is 17.2. The quantitative estimate of drug-likeness (QED) is 0.758. The van der Waals surface area contributed by atoms with Gasteiger partial charge in [0.15, 0.2) is 0 Å². The van der Waals surface area contributed by atoms with E-state index in [9.17, 15) is 4.79 Å². The van der Waals surface area contributed by atoms with E-state index >= 15 is 0 Å². The fraction of sp³-hybridized carbons (Fsp3) is 0.600. The smallest absolute Gasteiger partial charge is 0.326 e. The maximum Gasteiger partial charge on any atom is 0.326 e. The molecule has 0 radical (unpaired) electrons. The van der Waals surface area contributed by atoms with Crippen molar-refractivity contribution in [2.75, 3.05) is 26.8 Å². The van der Waals surface area contributed by atoms with Crippen LogP contribution in [0.4, 0.5) is 0 Å². The summed E-state index contributed by atoms with van der Waals surface area (Å²) in [5.41, 5.74) is 0.416. The Balaban J connectivity index is 2.02. The molecule has 0 spiro atoms. The molecule has 0 aliphatic carbocycles. The predicted octanol–water partition coefficient (Wildman–Crippen LogP) is 0.865. The summed E-state index contributed by atoms with van der Waals surface area (Å²) < 4.78 is 10.3. The van der Waals surface area contributed by atoms with Crippen molar-refractivity contribution < 1.29 is 14.3 Å². The van der Waals surface area contributed by atoms with Gasteiger partial charge in [0.25, 0.3) is 0 Å². The molecule has 2 rings (SSSR count). The third kappa shape index (κ3) is 3.92. The molecule has 1 aliphatic heterocycles. The number of pyridine rings is 1. The molecular formula is C15H23N3O3. The van der Waals surface area contributed by atoms with Crippen molar-refractivity contribution in [2.45, 2.75) is 31.8 Å². The number of carbonyl (C=O) groups is 1. The minimum atomic E-state index is -0.596. The van der Waals surface area contributed by atoms with Gasteiger partial charge in [0.2, 0.25) is 5.88 Å². The first kappa shape index (κ1) is 15.7. The predicted molar refractivity (Wildman–Crippen MR) is 79.1 cm³/mol. The summed E-state index contributed by atoms with van der Waals surface area (Å²) in [5, 5.41) is 6.65. The van der Waals surface area contributed by atoms with Crippen molar-refractivity contribution in [3.8, 4) is 5.88 Å². The van der Waals surface area contributed by atoms with Gasteiger partial charge in [-0.1, -0.05) is 6.07 Å².